The van der Waals surface area contributed by atoms with Crippen LogP contribution >= 0.6 is 0 Å². The number of hydrogen-bond acceptors (Lipinski definition) is 2. The Kier molecular flexibility index (Phi) is 3.50. The van der Waals surface area contributed by atoms with Crippen LogP contribution in [-0.4, -0.2) is 10.5 Å². The standard InChI is InChI=1S/C12H20N2/c1-5-12(4,6-2)14-11-9-10(3)7-8-13-11/h7-9H,5-6H2,1-4H3,(H,13,14). The molecule has 0 radical (unpaired) electrons. The van der Waals surface area contributed by atoms with Crippen molar-refractivity contribution >= 4 is 5.82 Å². The van der Waals surface area contributed by atoms with Gasteiger partial charge in [-0.3, -0.25) is 0 Å². The van der Waals surface area contributed by atoms with Gasteiger partial charge in [-0.1, -0.05) is 13.8 Å². The van der Waals surface area contributed by atoms with E-state index in [-0.39, 0.29) is 5.54 Å². The summed E-state index contributed by atoms with van der Waals surface area (Å²) >= 11 is 0. The molecular weight excluding hydrogens is 172 g/mol. The van der Waals surface area contributed by atoms with Crippen LogP contribution in [0.3, 0.4) is 0 Å². The van der Waals surface area contributed by atoms with Crippen LogP contribution in [0.2, 0.25) is 0 Å². The molecule has 2 heteroatoms. The Bertz CT molecular complexity index is 290. The third-order valence-electron chi connectivity index (χ3n) is 2.91. The SMILES string of the molecule is CCC(C)(CC)Nc1cc(C)ccn1. The molecule has 0 aliphatic heterocycles. The summed E-state index contributed by atoms with van der Waals surface area (Å²) in [6.07, 6.45) is 4.07. The van der Waals surface area contributed by atoms with Gasteiger partial charge >= 0.3 is 0 Å². The highest BCUT2D eigenvalue weighted by molar-refractivity contribution is 5.39. The molecule has 0 aromatic carbocycles. The molecule has 0 spiro atoms. The van der Waals surface area contributed by atoms with Gasteiger partial charge in [0.25, 0.3) is 0 Å². The molecule has 0 aliphatic rings. The van der Waals surface area contributed by atoms with E-state index in [1.54, 1.807) is 0 Å². The van der Waals surface area contributed by atoms with E-state index >= 15 is 0 Å². The van der Waals surface area contributed by atoms with E-state index in [2.05, 4.69) is 44.1 Å². The average molecular weight is 192 g/mol. The second-order valence-electron chi connectivity index (χ2n) is 4.11. The minimum Gasteiger partial charge on any atom is -0.365 e. The predicted octanol–water partition coefficient (Wildman–Crippen LogP) is 3.38. The van der Waals surface area contributed by atoms with Gasteiger partial charge in [0.15, 0.2) is 0 Å². The minimum absolute atomic E-state index is 0.167. The summed E-state index contributed by atoms with van der Waals surface area (Å²) in [6.45, 7) is 8.72. The molecule has 0 saturated heterocycles. The fourth-order valence-corrected chi connectivity index (χ4v) is 1.34. The number of nitrogens with one attached hydrogen (secondary N) is 1. The highest BCUT2D eigenvalue weighted by Crippen LogP contribution is 2.20. The predicted molar refractivity (Wildman–Crippen MR) is 61.6 cm³/mol. The number of nitrogens with zero attached hydrogens (tertiary/aromatic N) is 1. The third kappa shape index (κ3) is 2.72. The summed E-state index contributed by atoms with van der Waals surface area (Å²) in [5, 5.41) is 3.48. The molecule has 1 aromatic rings. The smallest absolute Gasteiger partial charge is 0.126 e. The summed E-state index contributed by atoms with van der Waals surface area (Å²) in [4.78, 5) is 4.31. The average Bonchev–Trinajstić information content (AvgIpc) is 2.18. The fourth-order valence-electron chi connectivity index (χ4n) is 1.34. The van der Waals surface area contributed by atoms with Crippen molar-refractivity contribution in [2.75, 3.05) is 5.32 Å². The normalized spacial score (nSPS) is 11.4. The van der Waals surface area contributed by atoms with Gasteiger partial charge in [-0.05, 0) is 44.4 Å². The first kappa shape index (κ1) is 11.0. The Morgan fingerprint density at radius 2 is 2.00 bits per heavy atom. The highest BCUT2D eigenvalue weighted by Gasteiger charge is 2.19. The molecule has 0 unspecified atom stereocenters. The summed E-state index contributed by atoms with van der Waals surface area (Å²) in [7, 11) is 0. The maximum atomic E-state index is 4.31. The zero-order chi connectivity index (χ0) is 10.6. The maximum Gasteiger partial charge on any atom is 0.126 e. The van der Waals surface area contributed by atoms with Gasteiger partial charge in [0.05, 0.1) is 0 Å². The fraction of sp³-hybridized carbons (Fsp3) is 0.583. The summed E-state index contributed by atoms with van der Waals surface area (Å²) in [5.41, 5.74) is 1.41. The second-order valence-corrected chi connectivity index (χ2v) is 4.11. The number of anilines is 1. The third-order valence-corrected chi connectivity index (χ3v) is 2.91. The minimum atomic E-state index is 0.167. The number of aromatic nitrogens is 1. The van der Waals surface area contributed by atoms with Crippen LogP contribution in [0.15, 0.2) is 18.3 Å². The van der Waals surface area contributed by atoms with Crippen molar-refractivity contribution in [3.8, 4) is 0 Å². The van der Waals surface area contributed by atoms with Crippen LogP contribution in [0, 0.1) is 6.92 Å². The topological polar surface area (TPSA) is 24.9 Å². The number of rotatable bonds is 4. The molecule has 0 saturated carbocycles. The van der Waals surface area contributed by atoms with Crippen molar-refractivity contribution in [2.24, 2.45) is 0 Å². The summed E-state index contributed by atoms with van der Waals surface area (Å²) in [6, 6.07) is 4.10. The van der Waals surface area contributed by atoms with Crippen molar-refractivity contribution in [2.45, 2.75) is 46.1 Å². The molecule has 0 fully saturated rings. The molecule has 0 atom stereocenters. The van der Waals surface area contributed by atoms with E-state index in [1.165, 1.54) is 5.56 Å². The van der Waals surface area contributed by atoms with Gasteiger partial charge in [-0.25, -0.2) is 4.98 Å². The number of aryl methyl sites for hydroxylation is 1. The van der Waals surface area contributed by atoms with Crippen LogP contribution in [0.25, 0.3) is 0 Å². The first-order valence-corrected chi connectivity index (χ1v) is 5.30. The molecule has 78 valence electrons. The molecule has 1 rings (SSSR count). The quantitative estimate of drug-likeness (QED) is 0.791. The lowest BCUT2D eigenvalue weighted by Crippen LogP contribution is -2.33. The van der Waals surface area contributed by atoms with Crippen molar-refractivity contribution < 1.29 is 0 Å². The molecule has 2 nitrogen and oxygen atoms in total. The van der Waals surface area contributed by atoms with E-state index in [1.807, 2.05) is 12.3 Å². The highest BCUT2D eigenvalue weighted by atomic mass is 15.0. The zero-order valence-corrected chi connectivity index (χ0v) is 9.59. The van der Waals surface area contributed by atoms with Crippen molar-refractivity contribution in [1.82, 2.24) is 4.98 Å². The molecule has 1 heterocycles. The lowest BCUT2D eigenvalue weighted by Gasteiger charge is -2.28. The molecule has 1 N–H and O–H groups in total. The van der Waals surface area contributed by atoms with Gasteiger partial charge in [0.1, 0.15) is 5.82 Å². The van der Waals surface area contributed by atoms with Gasteiger partial charge in [-0.2, -0.15) is 0 Å². The van der Waals surface area contributed by atoms with Gasteiger partial charge in [-0.15, -0.1) is 0 Å². The van der Waals surface area contributed by atoms with Gasteiger partial charge in [0, 0.05) is 11.7 Å². The molecule has 1 aromatic heterocycles. The van der Waals surface area contributed by atoms with Crippen LogP contribution in [0.5, 0.6) is 0 Å². The Morgan fingerprint density at radius 1 is 1.36 bits per heavy atom. The number of pyridine rings is 1. The summed E-state index contributed by atoms with van der Waals surface area (Å²) in [5.74, 6) is 0.983. The Hall–Kier alpha value is -1.05. The summed E-state index contributed by atoms with van der Waals surface area (Å²) < 4.78 is 0. The van der Waals surface area contributed by atoms with Crippen molar-refractivity contribution in [3.05, 3.63) is 23.9 Å². The van der Waals surface area contributed by atoms with Crippen molar-refractivity contribution in [3.63, 3.8) is 0 Å². The lowest BCUT2D eigenvalue weighted by molar-refractivity contribution is 0.477. The monoisotopic (exact) mass is 192 g/mol. The van der Waals surface area contributed by atoms with E-state index < -0.39 is 0 Å². The van der Waals surface area contributed by atoms with Gasteiger partial charge in [0.2, 0.25) is 0 Å². The molecular formula is C12H20N2. The largest absolute Gasteiger partial charge is 0.365 e. The number of hydrogen-bond donors (Lipinski definition) is 1. The Morgan fingerprint density at radius 3 is 2.50 bits per heavy atom. The van der Waals surface area contributed by atoms with Gasteiger partial charge < -0.3 is 5.32 Å². The molecule has 0 aliphatic carbocycles. The lowest BCUT2D eigenvalue weighted by atomic mass is 9.95. The van der Waals surface area contributed by atoms with Crippen LogP contribution < -0.4 is 5.32 Å². The molecule has 14 heavy (non-hydrogen) atoms. The Balaban J connectivity index is 2.77. The van der Waals surface area contributed by atoms with E-state index in [0.717, 1.165) is 18.7 Å². The van der Waals surface area contributed by atoms with E-state index in [9.17, 15) is 0 Å². The molecule has 0 bridgehead atoms. The van der Waals surface area contributed by atoms with Crippen LogP contribution in [-0.2, 0) is 0 Å². The van der Waals surface area contributed by atoms with E-state index in [0.29, 0.717) is 0 Å². The van der Waals surface area contributed by atoms with Crippen LogP contribution in [0.1, 0.15) is 39.2 Å². The van der Waals surface area contributed by atoms with Crippen molar-refractivity contribution in [1.29, 1.82) is 0 Å². The van der Waals surface area contributed by atoms with Crippen LogP contribution in [0.4, 0.5) is 5.82 Å². The first-order valence-electron chi connectivity index (χ1n) is 5.30. The van der Waals surface area contributed by atoms with E-state index in [4.69, 9.17) is 0 Å². The molecule has 0 amide bonds. The first-order chi connectivity index (χ1) is 6.59. The maximum absolute atomic E-state index is 4.31. The zero-order valence-electron chi connectivity index (χ0n) is 9.59. The second kappa shape index (κ2) is 4.45. The Labute approximate surface area is 86.8 Å².